The summed E-state index contributed by atoms with van der Waals surface area (Å²) < 4.78 is 1.07. The number of hydrogen-bond acceptors (Lipinski definition) is 3. The molecule has 4 heteroatoms. The first-order valence-electron chi connectivity index (χ1n) is 6.07. The summed E-state index contributed by atoms with van der Waals surface area (Å²) in [6.07, 6.45) is 1.05. The zero-order valence-corrected chi connectivity index (χ0v) is 11.3. The quantitative estimate of drug-likeness (QED) is 0.872. The molecule has 0 radical (unpaired) electrons. The molecule has 1 unspecified atom stereocenters. The predicted octanol–water partition coefficient (Wildman–Crippen LogP) is 3.01. The van der Waals surface area contributed by atoms with Gasteiger partial charge in [0.2, 0.25) is 0 Å². The van der Waals surface area contributed by atoms with E-state index in [1.165, 1.54) is 11.3 Å². The number of carbonyl (C=O) groups is 1. The number of benzene rings is 1. The Labute approximate surface area is 110 Å². The number of rotatable bonds is 2. The number of hydrogen-bond donors (Lipinski definition) is 2. The first-order valence-corrected chi connectivity index (χ1v) is 6.88. The highest BCUT2D eigenvalue weighted by Crippen LogP contribution is 2.45. The largest absolute Gasteiger partial charge is 0.397 e. The predicted molar refractivity (Wildman–Crippen MR) is 75.9 cm³/mol. The molecule has 18 heavy (non-hydrogen) atoms. The van der Waals surface area contributed by atoms with Crippen molar-refractivity contribution < 1.29 is 4.79 Å². The number of anilines is 1. The highest BCUT2D eigenvalue weighted by atomic mass is 32.1. The molecule has 3 rings (SSSR count). The van der Waals surface area contributed by atoms with E-state index in [0.717, 1.165) is 16.5 Å². The SMILES string of the molecule is CC1(C)CC1NC(=O)c1sc2ccccc2c1N. The highest BCUT2D eigenvalue weighted by Gasteiger charge is 2.46. The van der Waals surface area contributed by atoms with Crippen LogP contribution in [0.25, 0.3) is 10.1 Å². The smallest absolute Gasteiger partial charge is 0.263 e. The first-order chi connectivity index (χ1) is 8.49. The molecule has 1 aliphatic rings. The molecule has 94 valence electrons. The fourth-order valence-electron chi connectivity index (χ4n) is 2.17. The maximum Gasteiger partial charge on any atom is 0.263 e. The lowest BCUT2D eigenvalue weighted by molar-refractivity contribution is 0.0951. The Bertz CT molecular complexity index is 630. The van der Waals surface area contributed by atoms with Crippen LogP contribution in [0.4, 0.5) is 5.69 Å². The molecule has 1 fully saturated rings. The molecular weight excluding hydrogens is 244 g/mol. The van der Waals surface area contributed by atoms with Crippen molar-refractivity contribution in [1.82, 2.24) is 5.32 Å². The van der Waals surface area contributed by atoms with Gasteiger partial charge in [0.1, 0.15) is 4.88 Å². The molecule has 0 saturated heterocycles. The van der Waals surface area contributed by atoms with Gasteiger partial charge in [0, 0.05) is 16.1 Å². The number of fused-ring (bicyclic) bond motifs is 1. The molecule has 3 N–H and O–H groups in total. The molecule has 3 nitrogen and oxygen atoms in total. The molecule has 1 aliphatic carbocycles. The van der Waals surface area contributed by atoms with Crippen LogP contribution in [-0.2, 0) is 0 Å². The number of nitrogen functional groups attached to an aromatic ring is 1. The van der Waals surface area contributed by atoms with Gasteiger partial charge in [-0.3, -0.25) is 4.79 Å². The van der Waals surface area contributed by atoms with Gasteiger partial charge in [0.15, 0.2) is 0 Å². The van der Waals surface area contributed by atoms with Crippen LogP contribution in [0.15, 0.2) is 24.3 Å². The fourth-order valence-corrected chi connectivity index (χ4v) is 3.20. The van der Waals surface area contributed by atoms with Crippen molar-refractivity contribution in [2.75, 3.05) is 5.73 Å². The van der Waals surface area contributed by atoms with Crippen LogP contribution in [0.1, 0.15) is 29.9 Å². The molecule has 0 spiro atoms. The lowest BCUT2D eigenvalue weighted by atomic mass is 10.2. The van der Waals surface area contributed by atoms with Gasteiger partial charge < -0.3 is 11.1 Å². The van der Waals surface area contributed by atoms with Gasteiger partial charge >= 0.3 is 0 Å². The normalized spacial score (nSPS) is 20.9. The maximum atomic E-state index is 12.2. The van der Waals surface area contributed by atoms with Crippen molar-refractivity contribution in [2.45, 2.75) is 26.3 Å². The third-order valence-corrected chi connectivity index (χ3v) is 4.84. The minimum atomic E-state index is -0.0377. The molecule has 1 aromatic heterocycles. The summed E-state index contributed by atoms with van der Waals surface area (Å²) in [6, 6.07) is 8.14. The third-order valence-electron chi connectivity index (χ3n) is 3.66. The van der Waals surface area contributed by atoms with Gasteiger partial charge in [-0.1, -0.05) is 32.0 Å². The summed E-state index contributed by atoms with van der Waals surface area (Å²) in [5.41, 5.74) is 6.89. The summed E-state index contributed by atoms with van der Waals surface area (Å²) in [6.45, 7) is 4.32. The summed E-state index contributed by atoms with van der Waals surface area (Å²) >= 11 is 1.46. The number of thiophene rings is 1. The Morgan fingerprint density at radius 3 is 2.72 bits per heavy atom. The monoisotopic (exact) mass is 260 g/mol. The van der Waals surface area contributed by atoms with Crippen LogP contribution in [-0.4, -0.2) is 11.9 Å². The van der Waals surface area contributed by atoms with Gasteiger partial charge in [0.05, 0.1) is 5.69 Å². The number of nitrogens with two attached hydrogens (primary N) is 1. The van der Waals surface area contributed by atoms with Crippen molar-refractivity contribution in [2.24, 2.45) is 5.41 Å². The topological polar surface area (TPSA) is 55.1 Å². The lowest BCUT2D eigenvalue weighted by Gasteiger charge is -2.05. The van der Waals surface area contributed by atoms with Gasteiger partial charge in [-0.15, -0.1) is 11.3 Å². The number of nitrogens with one attached hydrogen (secondary N) is 1. The van der Waals surface area contributed by atoms with Crippen LogP contribution < -0.4 is 11.1 Å². The average molecular weight is 260 g/mol. The van der Waals surface area contributed by atoms with E-state index in [4.69, 9.17) is 5.73 Å². The molecule has 0 bridgehead atoms. The second kappa shape index (κ2) is 3.72. The van der Waals surface area contributed by atoms with E-state index in [9.17, 15) is 4.79 Å². The Morgan fingerprint density at radius 2 is 2.11 bits per heavy atom. The molecule has 1 amide bonds. The van der Waals surface area contributed by atoms with Gasteiger partial charge in [-0.2, -0.15) is 0 Å². The van der Waals surface area contributed by atoms with E-state index in [-0.39, 0.29) is 17.4 Å². The summed E-state index contributed by atoms with van der Waals surface area (Å²) in [7, 11) is 0. The molecule has 1 atom stereocenters. The van der Waals surface area contributed by atoms with Gasteiger partial charge in [-0.25, -0.2) is 0 Å². The summed E-state index contributed by atoms with van der Waals surface area (Å²) in [5.74, 6) is -0.0377. The summed E-state index contributed by atoms with van der Waals surface area (Å²) in [4.78, 5) is 12.8. The van der Waals surface area contributed by atoms with Gasteiger partial charge in [-0.05, 0) is 17.9 Å². The van der Waals surface area contributed by atoms with Crippen molar-refractivity contribution in [3.05, 3.63) is 29.1 Å². The first kappa shape index (κ1) is 11.5. The highest BCUT2D eigenvalue weighted by molar-refractivity contribution is 7.21. The molecule has 1 heterocycles. The van der Waals surface area contributed by atoms with Crippen molar-refractivity contribution in [3.63, 3.8) is 0 Å². The second-order valence-electron chi connectivity index (χ2n) is 5.56. The summed E-state index contributed by atoms with van der Waals surface area (Å²) in [5, 5.41) is 4.03. The molecule has 1 aromatic carbocycles. The lowest BCUT2D eigenvalue weighted by Crippen LogP contribution is -2.28. The Hall–Kier alpha value is -1.55. The van der Waals surface area contributed by atoms with E-state index < -0.39 is 0 Å². The third kappa shape index (κ3) is 1.77. The zero-order chi connectivity index (χ0) is 12.9. The molecule has 2 aromatic rings. The second-order valence-corrected chi connectivity index (χ2v) is 6.61. The van der Waals surface area contributed by atoms with E-state index in [1.54, 1.807) is 0 Å². The molecule has 1 saturated carbocycles. The standard InChI is InChI=1S/C14H16N2OS/c1-14(2)7-10(14)16-13(17)12-11(15)8-5-3-4-6-9(8)18-12/h3-6,10H,7,15H2,1-2H3,(H,16,17). The van der Waals surface area contributed by atoms with Crippen LogP contribution in [0, 0.1) is 5.41 Å². The number of amides is 1. The Morgan fingerprint density at radius 1 is 1.44 bits per heavy atom. The van der Waals surface area contributed by atoms with E-state index in [1.807, 2.05) is 24.3 Å². The Balaban J connectivity index is 1.90. The van der Waals surface area contributed by atoms with Crippen molar-refractivity contribution in [3.8, 4) is 0 Å². The fraction of sp³-hybridized carbons (Fsp3) is 0.357. The van der Waals surface area contributed by atoms with Gasteiger partial charge in [0.25, 0.3) is 5.91 Å². The van der Waals surface area contributed by atoms with Crippen LogP contribution >= 0.6 is 11.3 Å². The van der Waals surface area contributed by atoms with Crippen molar-refractivity contribution >= 4 is 33.0 Å². The van der Waals surface area contributed by atoms with Crippen LogP contribution in [0.5, 0.6) is 0 Å². The van der Waals surface area contributed by atoms with Crippen LogP contribution in [0.3, 0.4) is 0 Å². The Kier molecular flexibility index (Phi) is 2.38. The van der Waals surface area contributed by atoms with E-state index >= 15 is 0 Å². The minimum absolute atomic E-state index is 0.0377. The van der Waals surface area contributed by atoms with Crippen LogP contribution in [0.2, 0.25) is 0 Å². The minimum Gasteiger partial charge on any atom is -0.397 e. The van der Waals surface area contributed by atoms with E-state index in [2.05, 4.69) is 19.2 Å². The molecular formula is C14H16N2OS. The number of carbonyl (C=O) groups excluding carboxylic acids is 1. The van der Waals surface area contributed by atoms with Crippen molar-refractivity contribution in [1.29, 1.82) is 0 Å². The molecule has 0 aliphatic heterocycles. The maximum absolute atomic E-state index is 12.2. The van der Waals surface area contributed by atoms with E-state index in [0.29, 0.717) is 10.6 Å². The zero-order valence-electron chi connectivity index (χ0n) is 10.5. The average Bonchev–Trinajstić information content (AvgIpc) is 2.78.